The molecule has 0 saturated heterocycles. The molecule has 3 heterocycles. The first-order chi connectivity index (χ1) is 14.1. The minimum atomic E-state index is -0.460. The van der Waals surface area contributed by atoms with Crippen molar-refractivity contribution in [2.75, 3.05) is 11.9 Å². The molecule has 0 bridgehead atoms. The van der Waals surface area contributed by atoms with E-state index in [1.165, 1.54) is 12.3 Å². The van der Waals surface area contributed by atoms with Crippen molar-refractivity contribution in [3.8, 4) is 11.5 Å². The summed E-state index contributed by atoms with van der Waals surface area (Å²) in [6.45, 7) is 5.04. The highest BCUT2D eigenvalue weighted by Gasteiger charge is 2.29. The van der Waals surface area contributed by atoms with Gasteiger partial charge in [0, 0.05) is 30.1 Å². The minimum Gasteiger partial charge on any atom is -0.453 e. The van der Waals surface area contributed by atoms with Crippen LogP contribution >= 0.6 is 0 Å². The molecule has 7 heteroatoms. The molecule has 1 atom stereocenters. The fourth-order valence-electron chi connectivity index (χ4n) is 3.36. The molecule has 0 radical (unpaired) electrons. The molecule has 148 valence electrons. The molecule has 0 saturated carbocycles. The van der Waals surface area contributed by atoms with Crippen LogP contribution in [0.3, 0.4) is 0 Å². The fourth-order valence-corrected chi connectivity index (χ4v) is 3.36. The highest BCUT2D eigenvalue weighted by molar-refractivity contribution is 5.99. The van der Waals surface area contributed by atoms with E-state index in [1.807, 2.05) is 13.8 Å². The van der Waals surface area contributed by atoms with Gasteiger partial charge in [0.05, 0.1) is 18.8 Å². The fraction of sp³-hybridized carbons (Fsp3) is 0.227. The van der Waals surface area contributed by atoms with Crippen LogP contribution in [0.1, 0.15) is 41.4 Å². The number of ether oxygens (including phenoxy) is 1. The van der Waals surface area contributed by atoms with Crippen LogP contribution in [0, 0.1) is 5.82 Å². The molecule has 1 amide bonds. The van der Waals surface area contributed by atoms with Gasteiger partial charge in [-0.1, -0.05) is 6.07 Å². The maximum atomic E-state index is 14.6. The summed E-state index contributed by atoms with van der Waals surface area (Å²) in [5.41, 5.74) is 2.29. The molecule has 1 aliphatic heterocycles. The Bertz CT molecular complexity index is 1040. The van der Waals surface area contributed by atoms with E-state index in [2.05, 4.69) is 15.3 Å². The number of halogens is 1. The monoisotopic (exact) mass is 392 g/mol. The van der Waals surface area contributed by atoms with Crippen LogP contribution in [-0.4, -0.2) is 27.3 Å². The summed E-state index contributed by atoms with van der Waals surface area (Å²) >= 11 is 0. The van der Waals surface area contributed by atoms with E-state index in [1.54, 1.807) is 47.6 Å². The van der Waals surface area contributed by atoms with Gasteiger partial charge in [0.15, 0.2) is 11.6 Å². The van der Waals surface area contributed by atoms with E-state index in [-0.39, 0.29) is 17.7 Å². The molecule has 3 aromatic rings. The van der Waals surface area contributed by atoms with Crippen molar-refractivity contribution >= 4 is 11.7 Å². The quantitative estimate of drug-likeness (QED) is 0.666. The summed E-state index contributed by atoms with van der Waals surface area (Å²) in [4.78, 5) is 22.5. The third-order valence-corrected chi connectivity index (χ3v) is 4.98. The Morgan fingerprint density at radius 2 is 2.14 bits per heavy atom. The van der Waals surface area contributed by atoms with Crippen molar-refractivity contribution in [3.05, 3.63) is 77.5 Å². The third kappa shape index (κ3) is 3.76. The van der Waals surface area contributed by atoms with Crippen LogP contribution in [0.4, 0.5) is 10.2 Å². The number of carbonyl (C=O) groups excluding carboxylic acids is 1. The van der Waals surface area contributed by atoms with Crippen molar-refractivity contribution in [3.63, 3.8) is 0 Å². The summed E-state index contributed by atoms with van der Waals surface area (Å²) in [7, 11) is 0. The van der Waals surface area contributed by atoms with E-state index in [0.717, 1.165) is 11.1 Å². The van der Waals surface area contributed by atoms with Crippen LogP contribution in [0.25, 0.3) is 0 Å². The Hall–Kier alpha value is -3.48. The second-order valence-corrected chi connectivity index (χ2v) is 6.85. The molecule has 0 fully saturated rings. The standard InChI is InChI=1S/C22H21FN4O2/c1-3-27-13-18-17(22(27)28)8-10-25-21(18)26-14(2)15-6-7-20(19(23)11-15)29-16-5-4-9-24-12-16/h4-12,14H,3,13H2,1-2H3,(H,25,26). The minimum absolute atomic E-state index is 0.0172. The van der Waals surface area contributed by atoms with E-state index < -0.39 is 5.82 Å². The first-order valence-corrected chi connectivity index (χ1v) is 9.48. The van der Waals surface area contributed by atoms with Gasteiger partial charge in [-0.3, -0.25) is 9.78 Å². The van der Waals surface area contributed by atoms with Crippen LogP contribution in [0.5, 0.6) is 11.5 Å². The van der Waals surface area contributed by atoms with E-state index in [4.69, 9.17) is 4.74 Å². The average molecular weight is 392 g/mol. The Kier molecular flexibility index (Phi) is 5.12. The summed E-state index contributed by atoms with van der Waals surface area (Å²) in [6.07, 6.45) is 4.78. The van der Waals surface area contributed by atoms with E-state index in [9.17, 15) is 9.18 Å². The van der Waals surface area contributed by atoms with Gasteiger partial charge >= 0.3 is 0 Å². The smallest absolute Gasteiger partial charge is 0.254 e. The van der Waals surface area contributed by atoms with Gasteiger partial charge in [-0.15, -0.1) is 0 Å². The summed E-state index contributed by atoms with van der Waals surface area (Å²) in [5, 5.41) is 3.31. The number of aromatic nitrogens is 2. The van der Waals surface area contributed by atoms with Gasteiger partial charge in [-0.25, -0.2) is 9.37 Å². The van der Waals surface area contributed by atoms with Crippen LogP contribution in [0.2, 0.25) is 0 Å². The molecule has 1 aromatic carbocycles. The predicted molar refractivity (Wildman–Crippen MR) is 107 cm³/mol. The van der Waals surface area contributed by atoms with Gasteiger partial charge in [-0.05, 0) is 49.7 Å². The van der Waals surface area contributed by atoms with Crippen LogP contribution in [-0.2, 0) is 6.54 Å². The molecule has 29 heavy (non-hydrogen) atoms. The Balaban J connectivity index is 1.52. The van der Waals surface area contributed by atoms with E-state index >= 15 is 0 Å². The lowest BCUT2D eigenvalue weighted by molar-refractivity contribution is 0.0787. The molecule has 4 rings (SSSR count). The summed E-state index contributed by atoms with van der Waals surface area (Å²) < 4.78 is 20.1. The zero-order chi connectivity index (χ0) is 20.4. The Morgan fingerprint density at radius 1 is 1.28 bits per heavy atom. The maximum absolute atomic E-state index is 14.6. The number of carbonyl (C=O) groups is 1. The number of anilines is 1. The first kappa shape index (κ1) is 18.9. The predicted octanol–water partition coefficient (Wildman–Crippen LogP) is 4.56. The highest BCUT2D eigenvalue weighted by Crippen LogP contribution is 2.31. The number of pyridine rings is 2. The largest absolute Gasteiger partial charge is 0.453 e. The zero-order valence-corrected chi connectivity index (χ0v) is 16.2. The molecule has 1 N–H and O–H groups in total. The molecule has 2 aromatic heterocycles. The highest BCUT2D eigenvalue weighted by atomic mass is 19.1. The number of nitrogens with zero attached hydrogens (tertiary/aromatic N) is 3. The maximum Gasteiger partial charge on any atom is 0.254 e. The molecule has 6 nitrogen and oxygen atoms in total. The topological polar surface area (TPSA) is 67.3 Å². The number of nitrogens with one attached hydrogen (secondary N) is 1. The number of amides is 1. The number of fused-ring (bicyclic) bond motifs is 1. The van der Waals surface area contributed by atoms with Crippen molar-refractivity contribution in [1.29, 1.82) is 0 Å². The SMILES string of the molecule is CCN1Cc2c(ccnc2NC(C)c2ccc(Oc3cccnc3)c(F)c2)C1=O. The normalized spacial score (nSPS) is 13.9. The zero-order valence-electron chi connectivity index (χ0n) is 16.2. The van der Waals surface area contributed by atoms with E-state index in [0.29, 0.717) is 30.2 Å². The lowest BCUT2D eigenvalue weighted by Gasteiger charge is -2.18. The third-order valence-electron chi connectivity index (χ3n) is 4.98. The van der Waals surface area contributed by atoms with Crippen LogP contribution < -0.4 is 10.1 Å². The Morgan fingerprint density at radius 3 is 2.86 bits per heavy atom. The van der Waals surface area contributed by atoms with Gasteiger partial charge in [-0.2, -0.15) is 0 Å². The number of benzene rings is 1. The molecule has 0 aliphatic carbocycles. The molecule has 1 aliphatic rings. The van der Waals surface area contributed by atoms with Crippen molar-refractivity contribution in [2.45, 2.75) is 26.4 Å². The first-order valence-electron chi connectivity index (χ1n) is 9.48. The van der Waals surface area contributed by atoms with Crippen LogP contribution in [0.15, 0.2) is 55.0 Å². The van der Waals surface area contributed by atoms with Gasteiger partial charge in [0.1, 0.15) is 11.6 Å². The second-order valence-electron chi connectivity index (χ2n) is 6.85. The van der Waals surface area contributed by atoms with Gasteiger partial charge < -0.3 is 15.0 Å². The van der Waals surface area contributed by atoms with Crippen molar-refractivity contribution in [2.24, 2.45) is 0 Å². The number of hydrogen-bond donors (Lipinski definition) is 1. The lowest BCUT2D eigenvalue weighted by atomic mass is 10.1. The van der Waals surface area contributed by atoms with Crippen molar-refractivity contribution in [1.82, 2.24) is 14.9 Å². The second kappa shape index (κ2) is 7.87. The van der Waals surface area contributed by atoms with Gasteiger partial charge in [0.2, 0.25) is 0 Å². The van der Waals surface area contributed by atoms with Crippen molar-refractivity contribution < 1.29 is 13.9 Å². The molecule has 0 spiro atoms. The Labute approximate surface area is 168 Å². The number of rotatable bonds is 6. The molecular weight excluding hydrogens is 371 g/mol. The average Bonchev–Trinajstić information content (AvgIpc) is 3.07. The number of hydrogen-bond acceptors (Lipinski definition) is 5. The molecule has 1 unspecified atom stereocenters. The van der Waals surface area contributed by atoms with Gasteiger partial charge in [0.25, 0.3) is 5.91 Å². The molecular formula is C22H21FN4O2. The summed E-state index contributed by atoms with van der Waals surface area (Å²) in [5.74, 6) is 0.814. The lowest BCUT2D eigenvalue weighted by Crippen LogP contribution is -2.22. The summed E-state index contributed by atoms with van der Waals surface area (Å²) in [6, 6.07) is 9.82.